The maximum Gasteiger partial charge on any atom is 0.358 e. The molecule has 0 spiro atoms. The maximum atomic E-state index is 14.6. The van der Waals surface area contributed by atoms with Crippen molar-refractivity contribution in [3.05, 3.63) is 65.3 Å². The van der Waals surface area contributed by atoms with E-state index < -0.39 is 12.0 Å². The van der Waals surface area contributed by atoms with Gasteiger partial charge in [0.15, 0.2) is 11.5 Å². The van der Waals surface area contributed by atoms with Crippen LogP contribution in [0.15, 0.2) is 48.2 Å². The number of hydrogen-bond donors (Lipinski definition) is 1. The molecular formula is C24H29ClFN3O3S. The second-order valence-electron chi connectivity index (χ2n) is 8.30. The van der Waals surface area contributed by atoms with Crippen molar-refractivity contribution in [3.63, 3.8) is 0 Å². The third kappa shape index (κ3) is 6.05. The number of thiol groups is 1. The van der Waals surface area contributed by atoms with Gasteiger partial charge in [-0.2, -0.15) is 17.7 Å². The number of piperidine rings is 1. The number of ketones is 1. The van der Waals surface area contributed by atoms with Gasteiger partial charge in [-0.05, 0) is 43.9 Å². The minimum Gasteiger partial charge on any atom is -0.461 e. The molecule has 4 rings (SSSR count). The molecule has 2 fully saturated rings. The van der Waals surface area contributed by atoms with Crippen LogP contribution in [0, 0.1) is 11.7 Å². The number of benzene rings is 1. The number of carbonyl (C=O) groups excluding carboxylic acids is 2. The fraction of sp³-hybridized carbons (Fsp3) is 0.458. The topological polar surface area (TPSA) is 64.4 Å². The lowest BCUT2D eigenvalue weighted by atomic mass is 9.93. The Labute approximate surface area is 205 Å². The van der Waals surface area contributed by atoms with Gasteiger partial charge < -0.3 is 4.74 Å². The van der Waals surface area contributed by atoms with Crippen molar-refractivity contribution >= 4 is 36.8 Å². The van der Waals surface area contributed by atoms with Gasteiger partial charge in [-0.3, -0.25) is 14.4 Å². The first-order valence-electron chi connectivity index (χ1n) is 11.1. The number of halogens is 2. The minimum absolute atomic E-state index is 0. The van der Waals surface area contributed by atoms with Crippen LogP contribution in [0.25, 0.3) is 0 Å². The first kappa shape index (κ1) is 25.5. The number of allylic oxidation sites excluding steroid dienone is 1. The standard InChI is InChI=1S/C24H28FN3O3S.ClH/c1-2-31-24(30)20-10-14-28(26-20)13-9-17-15-27(12-11-21(17)32)22(23(29)16-7-8-16)18-5-3-4-6-19(18)25;/h3-6,9-10,14,16,21-22,32H,2,7-8,11-13,15H2,1H3;1H. The smallest absolute Gasteiger partial charge is 0.358 e. The molecule has 2 aromatic rings. The molecule has 0 amide bonds. The number of esters is 1. The summed E-state index contributed by atoms with van der Waals surface area (Å²) < 4.78 is 21.3. The van der Waals surface area contributed by atoms with Crippen LogP contribution in [0.3, 0.4) is 0 Å². The molecule has 1 saturated carbocycles. The third-order valence-corrected chi connectivity index (χ3v) is 6.57. The van der Waals surface area contributed by atoms with Gasteiger partial charge in [0.2, 0.25) is 0 Å². The summed E-state index contributed by atoms with van der Waals surface area (Å²) >= 11 is 4.73. The van der Waals surface area contributed by atoms with E-state index in [1.807, 2.05) is 6.08 Å². The van der Waals surface area contributed by atoms with Crippen molar-refractivity contribution in [2.45, 2.75) is 44.0 Å². The molecule has 2 atom stereocenters. The molecule has 1 aliphatic heterocycles. The molecule has 2 heterocycles. The number of carbonyl (C=O) groups is 2. The predicted molar refractivity (Wildman–Crippen MR) is 129 cm³/mol. The Morgan fingerprint density at radius 1 is 1.27 bits per heavy atom. The summed E-state index contributed by atoms with van der Waals surface area (Å²) in [5.74, 6) is -0.640. The SMILES string of the molecule is CCOC(=O)c1ccn(CC=C2CN(C(C(=O)C3CC3)c3ccccc3F)CCC2S)n1.Cl. The van der Waals surface area contributed by atoms with Crippen LogP contribution in [0.5, 0.6) is 0 Å². The summed E-state index contributed by atoms with van der Waals surface area (Å²) in [5, 5.41) is 4.33. The molecule has 6 nitrogen and oxygen atoms in total. The van der Waals surface area contributed by atoms with Crippen molar-refractivity contribution in [1.29, 1.82) is 0 Å². The molecule has 1 aromatic heterocycles. The van der Waals surface area contributed by atoms with E-state index in [2.05, 4.69) is 10.00 Å². The van der Waals surface area contributed by atoms with E-state index in [4.69, 9.17) is 17.4 Å². The second-order valence-corrected chi connectivity index (χ2v) is 8.92. The van der Waals surface area contributed by atoms with Gasteiger partial charge in [0.1, 0.15) is 5.82 Å². The quantitative estimate of drug-likeness (QED) is 0.338. The highest BCUT2D eigenvalue weighted by Gasteiger charge is 2.40. The molecule has 0 N–H and O–H groups in total. The molecule has 0 radical (unpaired) electrons. The number of nitrogens with zero attached hydrogens (tertiary/aromatic N) is 3. The van der Waals surface area contributed by atoms with Gasteiger partial charge in [0.25, 0.3) is 0 Å². The van der Waals surface area contributed by atoms with E-state index in [0.29, 0.717) is 31.8 Å². The summed E-state index contributed by atoms with van der Waals surface area (Å²) in [6.07, 6.45) is 6.31. The zero-order valence-corrected chi connectivity index (χ0v) is 20.2. The number of hydrogen-bond acceptors (Lipinski definition) is 6. The summed E-state index contributed by atoms with van der Waals surface area (Å²) in [5.41, 5.74) is 1.79. The van der Waals surface area contributed by atoms with Gasteiger partial charge in [-0.1, -0.05) is 24.3 Å². The van der Waals surface area contributed by atoms with Crippen LogP contribution in [0.2, 0.25) is 0 Å². The first-order chi connectivity index (χ1) is 15.5. The van der Waals surface area contributed by atoms with E-state index in [9.17, 15) is 14.0 Å². The lowest BCUT2D eigenvalue weighted by Gasteiger charge is -2.37. The van der Waals surface area contributed by atoms with E-state index in [0.717, 1.165) is 24.8 Å². The van der Waals surface area contributed by atoms with Crippen molar-refractivity contribution in [1.82, 2.24) is 14.7 Å². The second kappa shape index (κ2) is 11.3. The zero-order chi connectivity index (χ0) is 22.7. The molecule has 0 bridgehead atoms. The molecular weight excluding hydrogens is 465 g/mol. The first-order valence-corrected chi connectivity index (χ1v) is 11.6. The van der Waals surface area contributed by atoms with Gasteiger partial charge in [-0.25, -0.2) is 9.18 Å². The third-order valence-electron chi connectivity index (χ3n) is 5.98. The van der Waals surface area contributed by atoms with Crippen LogP contribution in [0.4, 0.5) is 4.39 Å². The van der Waals surface area contributed by atoms with E-state index >= 15 is 0 Å². The highest BCUT2D eigenvalue weighted by Crippen LogP contribution is 2.39. The predicted octanol–water partition coefficient (Wildman–Crippen LogP) is 4.27. The number of aromatic nitrogens is 2. The van der Waals surface area contributed by atoms with Gasteiger partial charge in [0, 0.05) is 36.0 Å². The van der Waals surface area contributed by atoms with Gasteiger partial charge in [0.05, 0.1) is 19.2 Å². The normalized spacial score (nSPS) is 20.8. The van der Waals surface area contributed by atoms with E-state index in [-0.39, 0.29) is 40.9 Å². The average molecular weight is 494 g/mol. The highest BCUT2D eigenvalue weighted by molar-refractivity contribution is 7.81. The van der Waals surface area contributed by atoms with E-state index in [1.54, 1.807) is 42.1 Å². The Morgan fingerprint density at radius 3 is 2.73 bits per heavy atom. The summed E-state index contributed by atoms with van der Waals surface area (Å²) in [7, 11) is 0. The Morgan fingerprint density at radius 2 is 2.03 bits per heavy atom. The minimum atomic E-state index is -0.576. The van der Waals surface area contributed by atoms with Crippen LogP contribution < -0.4 is 0 Å². The molecule has 33 heavy (non-hydrogen) atoms. The maximum absolute atomic E-state index is 14.6. The van der Waals surface area contributed by atoms with Gasteiger partial charge in [-0.15, -0.1) is 12.4 Å². The molecule has 1 aliphatic carbocycles. The summed E-state index contributed by atoms with van der Waals surface area (Å²) in [6.45, 7) is 3.75. The fourth-order valence-electron chi connectivity index (χ4n) is 4.12. The zero-order valence-electron chi connectivity index (χ0n) is 18.5. The van der Waals surface area contributed by atoms with Crippen LogP contribution in [-0.4, -0.2) is 51.4 Å². The molecule has 178 valence electrons. The van der Waals surface area contributed by atoms with Gasteiger partial charge >= 0.3 is 5.97 Å². The van der Waals surface area contributed by atoms with Crippen molar-refractivity contribution in [2.75, 3.05) is 19.7 Å². The Kier molecular flexibility index (Phi) is 8.73. The van der Waals surface area contributed by atoms with Crippen molar-refractivity contribution in [2.24, 2.45) is 5.92 Å². The number of rotatable bonds is 8. The van der Waals surface area contributed by atoms with Crippen LogP contribution >= 0.6 is 25.0 Å². The van der Waals surface area contributed by atoms with Crippen molar-refractivity contribution in [3.8, 4) is 0 Å². The monoisotopic (exact) mass is 493 g/mol. The lowest BCUT2D eigenvalue weighted by Crippen LogP contribution is -2.42. The fourth-order valence-corrected chi connectivity index (χ4v) is 4.42. The number of likely N-dealkylation sites (tertiary alicyclic amines) is 1. The average Bonchev–Trinajstić information content (AvgIpc) is 3.53. The Bertz CT molecular complexity index is 1020. The summed E-state index contributed by atoms with van der Waals surface area (Å²) in [4.78, 5) is 27.0. The molecule has 2 unspecified atom stereocenters. The largest absolute Gasteiger partial charge is 0.461 e. The number of ether oxygens (including phenoxy) is 1. The molecule has 1 saturated heterocycles. The molecule has 9 heteroatoms. The highest BCUT2D eigenvalue weighted by atomic mass is 35.5. The Balaban J connectivity index is 0.00000306. The van der Waals surface area contributed by atoms with E-state index in [1.165, 1.54) is 6.07 Å². The number of Topliss-reactive ketones (excluding diaryl/α,β-unsaturated/α-hetero) is 1. The lowest BCUT2D eigenvalue weighted by molar-refractivity contribution is -0.126. The Hall–Kier alpha value is -2.16. The van der Waals surface area contributed by atoms with Crippen LogP contribution in [0.1, 0.15) is 48.3 Å². The van der Waals surface area contributed by atoms with Crippen molar-refractivity contribution < 1.29 is 18.7 Å². The molecule has 1 aromatic carbocycles. The molecule has 2 aliphatic rings. The summed E-state index contributed by atoms with van der Waals surface area (Å²) in [6, 6.07) is 7.63. The van der Waals surface area contributed by atoms with Crippen LogP contribution in [-0.2, 0) is 16.1 Å².